The predicted octanol–water partition coefficient (Wildman–Crippen LogP) is 2.86. The lowest BCUT2D eigenvalue weighted by Crippen LogP contribution is -2.08. The number of benzene rings is 1. The van der Waals surface area contributed by atoms with Crippen molar-refractivity contribution >= 4 is 41.6 Å². The third kappa shape index (κ3) is 3.43. The minimum atomic E-state index is -3.88. The molecule has 0 aliphatic rings. The quantitative estimate of drug-likeness (QED) is 0.626. The van der Waals surface area contributed by atoms with Crippen molar-refractivity contribution in [1.82, 2.24) is 0 Å². The summed E-state index contributed by atoms with van der Waals surface area (Å²) >= 11 is 3.18. The maximum absolute atomic E-state index is 11.6. The van der Waals surface area contributed by atoms with E-state index in [0.29, 0.717) is 10.0 Å². The fourth-order valence-electron chi connectivity index (χ4n) is 1.22. The van der Waals surface area contributed by atoms with Gasteiger partial charge in [0.15, 0.2) is 0 Å². The molecule has 0 atom stereocenters. The van der Waals surface area contributed by atoms with Gasteiger partial charge in [0.25, 0.3) is 9.05 Å². The average Bonchev–Trinajstić information content (AvgIpc) is 2.20. The van der Waals surface area contributed by atoms with Crippen LogP contribution in [0.5, 0.6) is 0 Å². The van der Waals surface area contributed by atoms with Crippen LogP contribution in [0, 0.1) is 6.92 Å². The molecule has 7 heteroatoms. The third-order valence-corrected chi connectivity index (χ3v) is 4.25. The number of esters is 1. The summed E-state index contributed by atoms with van der Waals surface area (Å²) in [4.78, 5) is 11.5. The molecule has 94 valence electrons. The number of halogens is 2. The average molecular weight is 342 g/mol. The number of ether oxygens (including phenoxy) is 1. The molecule has 0 spiro atoms. The van der Waals surface area contributed by atoms with Crippen molar-refractivity contribution in [3.63, 3.8) is 0 Å². The van der Waals surface area contributed by atoms with Gasteiger partial charge >= 0.3 is 5.97 Å². The highest BCUT2D eigenvalue weighted by atomic mass is 79.9. The van der Waals surface area contributed by atoms with E-state index in [9.17, 15) is 13.2 Å². The molecule has 0 amide bonds. The predicted molar refractivity (Wildman–Crippen MR) is 67.9 cm³/mol. The summed E-state index contributed by atoms with van der Waals surface area (Å²) in [6, 6.07) is 2.56. The maximum Gasteiger partial charge on any atom is 0.338 e. The van der Waals surface area contributed by atoms with Gasteiger partial charge in [-0.25, -0.2) is 13.2 Å². The highest BCUT2D eigenvalue weighted by Gasteiger charge is 2.19. The lowest BCUT2D eigenvalue weighted by Gasteiger charge is -2.08. The number of rotatable bonds is 3. The summed E-state index contributed by atoms with van der Waals surface area (Å²) in [7, 11) is 1.36. The summed E-state index contributed by atoms with van der Waals surface area (Å²) in [6.45, 7) is 3.57. The number of carbonyl (C=O) groups excluding carboxylic acids is 1. The van der Waals surface area contributed by atoms with E-state index < -0.39 is 15.0 Å². The smallest absolute Gasteiger partial charge is 0.338 e. The zero-order valence-electron chi connectivity index (χ0n) is 9.16. The molecule has 0 bridgehead atoms. The van der Waals surface area contributed by atoms with Gasteiger partial charge in [0.2, 0.25) is 0 Å². The minimum absolute atomic E-state index is 0.139. The van der Waals surface area contributed by atoms with Crippen LogP contribution in [0.4, 0.5) is 0 Å². The van der Waals surface area contributed by atoms with Gasteiger partial charge in [0, 0.05) is 15.2 Å². The van der Waals surface area contributed by atoms with Gasteiger partial charge in [-0.15, -0.1) is 0 Å². The molecule has 0 unspecified atom stereocenters. The van der Waals surface area contributed by atoms with Crippen molar-refractivity contribution in [3.8, 4) is 0 Å². The largest absolute Gasteiger partial charge is 0.462 e. The second kappa shape index (κ2) is 5.37. The molecule has 0 saturated heterocycles. The Balaban J connectivity index is 3.40. The van der Waals surface area contributed by atoms with Crippen LogP contribution in [0.2, 0.25) is 0 Å². The van der Waals surface area contributed by atoms with E-state index in [1.807, 2.05) is 0 Å². The molecule has 0 aliphatic heterocycles. The zero-order valence-corrected chi connectivity index (χ0v) is 12.3. The summed E-state index contributed by atoms with van der Waals surface area (Å²) in [6.07, 6.45) is 0. The van der Waals surface area contributed by atoms with Crippen LogP contribution in [0.3, 0.4) is 0 Å². The van der Waals surface area contributed by atoms with Crippen LogP contribution >= 0.6 is 26.6 Å². The Morgan fingerprint density at radius 2 is 2.06 bits per heavy atom. The Morgan fingerprint density at radius 1 is 1.47 bits per heavy atom. The first-order chi connectivity index (χ1) is 7.77. The zero-order chi connectivity index (χ0) is 13.2. The van der Waals surface area contributed by atoms with Gasteiger partial charge in [0.1, 0.15) is 0 Å². The molecule has 17 heavy (non-hydrogen) atoms. The molecule has 1 aromatic carbocycles. The normalized spacial score (nSPS) is 11.3. The van der Waals surface area contributed by atoms with Crippen LogP contribution in [-0.4, -0.2) is 21.0 Å². The molecule has 1 rings (SSSR count). The molecular weight excluding hydrogens is 332 g/mol. The van der Waals surface area contributed by atoms with Crippen molar-refractivity contribution in [1.29, 1.82) is 0 Å². The number of hydrogen-bond acceptors (Lipinski definition) is 4. The molecule has 0 heterocycles. The fraction of sp³-hybridized carbons (Fsp3) is 0.300. The van der Waals surface area contributed by atoms with Gasteiger partial charge < -0.3 is 4.74 Å². The van der Waals surface area contributed by atoms with Crippen molar-refractivity contribution in [2.45, 2.75) is 18.7 Å². The van der Waals surface area contributed by atoms with E-state index >= 15 is 0 Å². The first-order valence-electron chi connectivity index (χ1n) is 4.69. The topological polar surface area (TPSA) is 60.4 Å². The Labute approximate surface area is 112 Å². The van der Waals surface area contributed by atoms with Crippen LogP contribution in [0.1, 0.15) is 22.8 Å². The molecule has 0 aliphatic carbocycles. The Bertz CT molecular complexity index is 554. The van der Waals surface area contributed by atoms with Gasteiger partial charge in [-0.3, -0.25) is 0 Å². The molecular formula is C10H10BrClO4S. The van der Waals surface area contributed by atoms with Gasteiger partial charge in [0.05, 0.1) is 17.1 Å². The fourth-order valence-corrected chi connectivity index (χ4v) is 2.61. The van der Waals surface area contributed by atoms with E-state index in [-0.39, 0.29) is 17.1 Å². The molecule has 1 aromatic rings. The third-order valence-electron chi connectivity index (χ3n) is 2.09. The molecule has 4 nitrogen and oxygen atoms in total. The molecule has 0 N–H and O–H groups in total. The molecule has 0 radical (unpaired) electrons. The SMILES string of the molecule is CCOC(=O)c1cc(S(=O)(=O)Cl)cc(Br)c1C. The summed E-state index contributed by atoms with van der Waals surface area (Å²) in [5, 5.41) is 0. The van der Waals surface area contributed by atoms with E-state index in [1.54, 1.807) is 13.8 Å². The Kier molecular flexibility index (Phi) is 4.57. The van der Waals surface area contributed by atoms with Gasteiger partial charge in [-0.1, -0.05) is 15.9 Å². The summed E-state index contributed by atoms with van der Waals surface area (Å²) < 4.78 is 27.8. The van der Waals surface area contributed by atoms with Crippen molar-refractivity contribution in [3.05, 3.63) is 27.7 Å². The molecule has 0 saturated carbocycles. The lowest BCUT2D eigenvalue weighted by atomic mass is 10.1. The highest BCUT2D eigenvalue weighted by molar-refractivity contribution is 9.10. The number of carbonyl (C=O) groups is 1. The van der Waals surface area contributed by atoms with Crippen molar-refractivity contribution in [2.24, 2.45) is 0 Å². The second-order valence-electron chi connectivity index (χ2n) is 3.24. The van der Waals surface area contributed by atoms with Crippen molar-refractivity contribution < 1.29 is 17.9 Å². The Hall–Kier alpha value is -0.590. The van der Waals surface area contributed by atoms with Gasteiger partial charge in [-0.05, 0) is 31.5 Å². The van der Waals surface area contributed by atoms with Crippen LogP contribution in [-0.2, 0) is 13.8 Å². The first-order valence-corrected chi connectivity index (χ1v) is 7.79. The second-order valence-corrected chi connectivity index (χ2v) is 6.66. The van der Waals surface area contributed by atoms with E-state index in [0.717, 1.165) is 0 Å². The van der Waals surface area contributed by atoms with Crippen molar-refractivity contribution in [2.75, 3.05) is 6.61 Å². The van der Waals surface area contributed by atoms with Crippen LogP contribution in [0.25, 0.3) is 0 Å². The van der Waals surface area contributed by atoms with E-state index in [2.05, 4.69) is 15.9 Å². The standard InChI is InChI=1S/C10H10BrClO4S/c1-3-16-10(13)8-4-7(17(12,14)15)5-9(11)6(8)2/h4-5H,3H2,1-2H3. The van der Waals surface area contributed by atoms with Crippen LogP contribution in [0.15, 0.2) is 21.5 Å². The summed E-state index contributed by atoms with van der Waals surface area (Å²) in [5.74, 6) is -0.576. The van der Waals surface area contributed by atoms with E-state index in [4.69, 9.17) is 15.4 Å². The maximum atomic E-state index is 11.6. The number of hydrogen-bond donors (Lipinski definition) is 0. The first kappa shape index (κ1) is 14.5. The summed E-state index contributed by atoms with van der Waals surface area (Å²) in [5.41, 5.74) is 0.785. The minimum Gasteiger partial charge on any atom is -0.462 e. The highest BCUT2D eigenvalue weighted by Crippen LogP contribution is 2.27. The Morgan fingerprint density at radius 3 is 2.53 bits per heavy atom. The van der Waals surface area contributed by atoms with Crippen LogP contribution < -0.4 is 0 Å². The molecule has 0 fully saturated rings. The van der Waals surface area contributed by atoms with Gasteiger partial charge in [-0.2, -0.15) is 0 Å². The molecule has 0 aromatic heterocycles. The monoisotopic (exact) mass is 340 g/mol. The van der Waals surface area contributed by atoms with E-state index in [1.165, 1.54) is 12.1 Å². The lowest BCUT2D eigenvalue weighted by molar-refractivity contribution is 0.0525.